The molecule has 0 N–H and O–H groups in total. The van der Waals surface area contributed by atoms with Gasteiger partial charge in [0, 0.05) is 19.8 Å². The van der Waals surface area contributed by atoms with Crippen LogP contribution in [0.5, 0.6) is 5.75 Å². The summed E-state index contributed by atoms with van der Waals surface area (Å²) in [6.07, 6.45) is 0. The quantitative estimate of drug-likeness (QED) is 0.698. The average Bonchev–Trinajstić information content (AvgIpc) is 2.30. The Kier molecular flexibility index (Phi) is 4.81. The fourth-order valence-corrected chi connectivity index (χ4v) is 3.17. The Labute approximate surface area is 92.3 Å². The summed E-state index contributed by atoms with van der Waals surface area (Å²) in [6, 6.07) is 10.4. The standard InChI is InChI=1S/C11H18O3Si/c1-4-13-15(5-2,12-3)14-11-9-7-6-8-10-11/h6-10H,4-5H2,1-3H3. The lowest BCUT2D eigenvalue weighted by atomic mass is 10.3. The molecule has 1 rings (SSSR count). The van der Waals surface area contributed by atoms with Gasteiger partial charge in [-0.3, -0.25) is 0 Å². The van der Waals surface area contributed by atoms with Gasteiger partial charge in [-0.2, -0.15) is 0 Å². The van der Waals surface area contributed by atoms with E-state index < -0.39 is 8.80 Å². The first kappa shape index (κ1) is 12.2. The van der Waals surface area contributed by atoms with Crippen LogP contribution in [0.15, 0.2) is 30.3 Å². The van der Waals surface area contributed by atoms with Crippen molar-refractivity contribution in [3.8, 4) is 5.75 Å². The number of rotatable bonds is 6. The van der Waals surface area contributed by atoms with Gasteiger partial charge in [0.15, 0.2) is 0 Å². The molecule has 1 aromatic carbocycles. The van der Waals surface area contributed by atoms with Crippen molar-refractivity contribution in [2.75, 3.05) is 13.7 Å². The van der Waals surface area contributed by atoms with Crippen molar-refractivity contribution < 1.29 is 13.3 Å². The van der Waals surface area contributed by atoms with E-state index in [0.717, 1.165) is 11.8 Å². The summed E-state index contributed by atoms with van der Waals surface area (Å²) in [5.74, 6) is 0.807. The summed E-state index contributed by atoms with van der Waals surface area (Å²) < 4.78 is 16.9. The third-order valence-corrected chi connectivity index (χ3v) is 4.89. The minimum atomic E-state index is -2.48. The Morgan fingerprint density at radius 1 is 1.13 bits per heavy atom. The van der Waals surface area contributed by atoms with Crippen LogP contribution in [0, 0.1) is 0 Å². The maximum absolute atomic E-state index is 5.84. The fourth-order valence-electron chi connectivity index (χ4n) is 1.34. The molecule has 0 saturated heterocycles. The highest BCUT2D eigenvalue weighted by atomic mass is 28.4. The third-order valence-electron chi connectivity index (χ3n) is 2.12. The second kappa shape index (κ2) is 5.90. The minimum absolute atomic E-state index is 0.612. The zero-order valence-corrected chi connectivity index (χ0v) is 10.5. The summed E-state index contributed by atoms with van der Waals surface area (Å²) in [4.78, 5) is 0. The Bertz CT molecular complexity index is 272. The molecular formula is C11H18O3Si. The van der Waals surface area contributed by atoms with E-state index in [0.29, 0.717) is 6.61 Å². The minimum Gasteiger partial charge on any atom is -0.501 e. The van der Waals surface area contributed by atoms with Gasteiger partial charge < -0.3 is 13.3 Å². The maximum Gasteiger partial charge on any atom is 0.565 e. The summed E-state index contributed by atoms with van der Waals surface area (Å²) in [7, 11) is -0.837. The molecule has 0 amide bonds. The summed E-state index contributed by atoms with van der Waals surface area (Å²) in [5.41, 5.74) is 0. The van der Waals surface area contributed by atoms with E-state index in [1.807, 2.05) is 44.2 Å². The van der Waals surface area contributed by atoms with Gasteiger partial charge in [0.25, 0.3) is 0 Å². The molecule has 0 spiro atoms. The molecule has 0 aromatic heterocycles. The predicted molar refractivity (Wildman–Crippen MR) is 61.9 cm³/mol. The molecule has 1 aromatic rings. The topological polar surface area (TPSA) is 27.7 Å². The van der Waals surface area contributed by atoms with Crippen LogP contribution >= 0.6 is 0 Å². The Morgan fingerprint density at radius 3 is 2.27 bits per heavy atom. The van der Waals surface area contributed by atoms with Crippen LogP contribution in [0.1, 0.15) is 13.8 Å². The SMILES string of the molecule is CCO[Si](CC)(OC)Oc1ccccc1. The fraction of sp³-hybridized carbons (Fsp3) is 0.455. The van der Waals surface area contributed by atoms with Crippen LogP contribution in [-0.2, 0) is 8.85 Å². The monoisotopic (exact) mass is 226 g/mol. The van der Waals surface area contributed by atoms with E-state index in [1.54, 1.807) is 7.11 Å². The molecule has 1 unspecified atom stereocenters. The molecule has 0 aliphatic rings. The van der Waals surface area contributed by atoms with Crippen LogP contribution in [-0.4, -0.2) is 22.5 Å². The van der Waals surface area contributed by atoms with E-state index in [9.17, 15) is 0 Å². The van der Waals surface area contributed by atoms with Crippen LogP contribution < -0.4 is 4.43 Å². The number of hydrogen-bond acceptors (Lipinski definition) is 3. The third kappa shape index (κ3) is 3.34. The molecule has 0 aliphatic carbocycles. The highest BCUT2D eigenvalue weighted by Gasteiger charge is 2.40. The zero-order valence-electron chi connectivity index (χ0n) is 9.53. The number of para-hydroxylation sites is 1. The van der Waals surface area contributed by atoms with E-state index in [4.69, 9.17) is 13.3 Å². The second-order valence-electron chi connectivity index (χ2n) is 3.09. The van der Waals surface area contributed by atoms with E-state index in [2.05, 4.69) is 0 Å². The maximum atomic E-state index is 5.84. The molecular weight excluding hydrogens is 208 g/mol. The molecule has 0 radical (unpaired) electrons. The van der Waals surface area contributed by atoms with E-state index in [-0.39, 0.29) is 0 Å². The molecule has 0 fully saturated rings. The molecule has 1 atom stereocenters. The van der Waals surface area contributed by atoms with Gasteiger partial charge >= 0.3 is 8.80 Å². The normalized spacial score (nSPS) is 14.6. The molecule has 4 heteroatoms. The van der Waals surface area contributed by atoms with Crippen molar-refractivity contribution in [2.45, 2.75) is 19.9 Å². The zero-order chi connectivity index (χ0) is 11.1. The number of hydrogen-bond donors (Lipinski definition) is 0. The first-order valence-corrected chi connectivity index (χ1v) is 7.12. The van der Waals surface area contributed by atoms with E-state index >= 15 is 0 Å². The number of benzene rings is 1. The first-order chi connectivity index (χ1) is 7.26. The molecule has 0 heterocycles. The largest absolute Gasteiger partial charge is 0.565 e. The van der Waals surface area contributed by atoms with Gasteiger partial charge in [0.2, 0.25) is 0 Å². The lowest BCUT2D eigenvalue weighted by Gasteiger charge is -2.26. The van der Waals surface area contributed by atoms with Gasteiger partial charge in [-0.25, -0.2) is 0 Å². The molecule has 3 nitrogen and oxygen atoms in total. The van der Waals surface area contributed by atoms with Crippen molar-refractivity contribution >= 4 is 8.80 Å². The highest BCUT2D eigenvalue weighted by Crippen LogP contribution is 2.19. The van der Waals surface area contributed by atoms with Crippen molar-refractivity contribution in [2.24, 2.45) is 0 Å². The van der Waals surface area contributed by atoms with Gasteiger partial charge in [0.05, 0.1) is 0 Å². The Hall–Kier alpha value is -0.843. The molecule has 0 aliphatic heterocycles. The van der Waals surface area contributed by atoms with Crippen molar-refractivity contribution in [3.05, 3.63) is 30.3 Å². The van der Waals surface area contributed by atoms with Crippen molar-refractivity contribution in [1.29, 1.82) is 0 Å². The van der Waals surface area contributed by atoms with Crippen LogP contribution in [0.25, 0.3) is 0 Å². The summed E-state index contributed by atoms with van der Waals surface area (Å²) in [6.45, 7) is 4.58. The van der Waals surface area contributed by atoms with Crippen molar-refractivity contribution in [3.63, 3.8) is 0 Å². The van der Waals surface area contributed by atoms with Crippen LogP contribution in [0.2, 0.25) is 6.04 Å². The average molecular weight is 226 g/mol. The molecule has 84 valence electrons. The smallest absolute Gasteiger partial charge is 0.501 e. The lowest BCUT2D eigenvalue weighted by Crippen LogP contribution is -2.47. The highest BCUT2D eigenvalue weighted by molar-refractivity contribution is 6.61. The van der Waals surface area contributed by atoms with Gasteiger partial charge in [0.1, 0.15) is 5.75 Å². The lowest BCUT2D eigenvalue weighted by molar-refractivity contribution is 0.138. The van der Waals surface area contributed by atoms with E-state index in [1.165, 1.54) is 0 Å². The van der Waals surface area contributed by atoms with Crippen molar-refractivity contribution in [1.82, 2.24) is 0 Å². The molecule has 0 bridgehead atoms. The second-order valence-corrected chi connectivity index (χ2v) is 6.06. The summed E-state index contributed by atoms with van der Waals surface area (Å²) in [5, 5.41) is 0. The Balaban J connectivity index is 2.74. The molecule has 0 saturated carbocycles. The first-order valence-electron chi connectivity index (χ1n) is 5.19. The van der Waals surface area contributed by atoms with Crippen LogP contribution in [0.4, 0.5) is 0 Å². The van der Waals surface area contributed by atoms with Crippen LogP contribution in [0.3, 0.4) is 0 Å². The predicted octanol–water partition coefficient (Wildman–Crippen LogP) is 2.71. The Morgan fingerprint density at radius 2 is 1.80 bits per heavy atom. The molecule has 15 heavy (non-hydrogen) atoms. The van der Waals surface area contributed by atoms with Gasteiger partial charge in [-0.1, -0.05) is 25.1 Å². The summed E-state index contributed by atoms with van der Waals surface area (Å²) >= 11 is 0. The van der Waals surface area contributed by atoms with Gasteiger partial charge in [-0.15, -0.1) is 0 Å². The van der Waals surface area contributed by atoms with Gasteiger partial charge in [-0.05, 0) is 19.1 Å².